The SMILES string of the molecule is COc1cc(Cn2cnc(C)cc2=O)ccc1C#N. The summed E-state index contributed by atoms with van der Waals surface area (Å²) in [4.78, 5) is 15.9. The predicted octanol–water partition coefficient (Wildman–Crippen LogP) is 1.48. The molecule has 2 rings (SSSR count). The fourth-order valence-corrected chi connectivity index (χ4v) is 1.76. The van der Waals surface area contributed by atoms with Gasteiger partial charge in [-0.05, 0) is 24.6 Å². The van der Waals surface area contributed by atoms with Crippen LogP contribution in [0.25, 0.3) is 0 Å². The van der Waals surface area contributed by atoms with Crippen molar-refractivity contribution >= 4 is 0 Å². The Kier molecular flexibility index (Phi) is 3.62. The second-order valence-corrected chi connectivity index (χ2v) is 4.14. The molecule has 0 N–H and O–H groups in total. The van der Waals surface area contributed by atoms with Crippen molar-refractivity contribution in [2.45, 2.75) is 13.5 Å². The number of aryl methyl sites for hydroxylation is 1. The minimum Gasteiger partial charge on any atom is -0.495 e. The molecule has 1 aromatic heterocycles. The van der Waals surface area contributed by atoms with Crippen molar-refractivity contribution in [3.05, 3.63) is 57.8 Å². The highest BCUT2D eigenvalue weighted by molar-refractivity contribution is 5.45. The number of nitriles is 1. The second kappa shape index (κ2) is 5.36. The number of ether oxygens (including phenoxy) is 1. The first kappa shape index (κ1) is 12.8. The van der Waals surface area contributed by atoms with Crippen molar-refractivity contribution in [1.82, 2.24) is 9.55 Å². The molecule has 0 aliphatic rings. The molecule has 0 saturated carbocycles. The Morgan fingerprint density at radius 1 is 1.42 bits per heavy atom. The third-order valence-corrected chi connectivity index (χ3v) is 2.76. The van der Waals surface area contributed by atoms with Crippen LogP contribution in [0.5, 0.6) is 5.75 Å². The van der Waals surface area contributed by atoms with E-state index in [9.17, 15) is 4.79 Å². The van der Waals surface area contributed by atoms with E-state index in [2.05, 4.69) is 11.1 Å². The quantitative estimate of drug-likeness (QED) is 0.833. The molecule has 0 aliphatic carbocycles. The van der Waals surface area contributed by atoms with Gasteiger partial charge in [0.1, 0.15) is 11.8 Å². The van der Waals surface area contributed by atoms with Crippen molar-refractivity contribution in [2.75, 3.05) is 7.11 Å². The van der Waals surface area contributed by atoms with Crippen molar-refractivity contribution in [2.24, 2.45) is 0 Å². The van der Waals surface area contributed by atoms with E-state index in [1.807, 2.05) is 0 Å². The van der Waals surface area contributed by atoms with Crippen LogP contribution in [0.15, 0.2) is 35.4 Å². The van der Waals surface area contributed by atoms with E-state index in [0.717, 1.165) is 5.56 Å². The largest absolute Gasteiger partial charge is 0.495 e. The van der Waals surface area contributed by atoms with E-state index in [0.29, 0.717) is 23.6 Å². The second-order valence-electron chi connectivity index (χ2n) is 4.14. The zero-order valence-corrected chi connectivity index (χ0v) is 10.8. The van der Waals surface area contributed by atoms with Crippen molar-refractivity contribution in [3.8, 4) is 11.8 Å². The summed E-state index contributed by atoms with van der Waals surface area (Å²) in [6.45, 7) is 2.17. The maximum atomic E-state index is 11.8. The Balaban J connectivity index is 2.34. The summed E-state index contributed by atoms with van der Waals surface area (Å²) in [5, 5.41) is 8.91. The lowest BCUT2D eigenvalue weighted by Crippen LogP contribution is -2.20. The smallest absolute Gasteiger partial charge is 0.253 e. The van der Waals surface area contributed by atoms with Crippen LogP contribution in [-0.4, -0.2) is 16.7 Å². The fourth-order valence-electron chi connectivity index (χ4n) is 1.76. The van der Waals surface area contributed by atoms with E-state index < -0.39 is 0 Å². The molecule has 0 saturated heterocycles. The Hall–Kier alpha value is -2.61. The third kappa shape index (κ3) is 2.80. The first-order chi connectivity index (χ1) is 9.13. The minimum atomic E-state index is -0.101. The molecule has 0 aliphatic heterocycles. The van der Waals surface area contributed by atoms with E-state index >= 15 is 0 Å². The van der Waals surface area contributed by atoms with Crippen LogP contribution in [0.1, 0.15) is 16.8 Å². The average molecular weight is 255 g/mol. The Bertz CT molecular complexity index is 699. The van der Waals surface area contributed by atoms with Crippen LogP contribution in [0.2, 0.25) is 0 Å². The molecule has 19 heavy (non-hydrogen) atoms. The van der Waals surface area contributed by atoms with Crippen LogP contribution in [0, 0.1) is 18.3 Å². The van der Waals surface area contributed by atoms with Gasteiger partial charge in [0.25, 0.3) is 5.56 Å². The molecule has 2 aromatic rings. The van der Waals surface area contributed by atoms with Gasteiger partial charge in [0.05, 0.1) is 25.5 Å². The van der Waals surface area contributed by atoms with Crippen LogP contribution in [0.3, 0.4) is 0 Å². The monoisotopic (exact) mass is 255 g/mol. The van der Waals surface area contributed by atoms with Gasteiger partial charge in [-0.15, -0.1) is 0 Å². The lowest BCUT2D eigenvalue weighted by atomic mass is 10.1. The van der Waals surface area contributed by atoms with E-state index in [-0.39, 0.29) is 5.56 Å². The Labute approximate surface area is 110 Å². The number of benzene rings is 1. The summed E-state index contributed by atoms with van der Waals surface area (Å²) in [7, 11) is 1.51. The number of rotatable bonds is 3. The maximum absolute atomic E-state index is 11.8. The molecule has 0 radical (unpaired) electrons. The Morgan fingerprint density at radius 3 is 2.84 bits per heavy atom. The maximum Gasteiger partial charge on any atom is 0.253 e. The molecule has 5 heteroatoms. The van der Waals surface area contributed by atoms with Gasteiger partial charge in [-0.3, -0.25) is 9.36 Å². The van der Waals surface area contributed by atoms with E-state index in [4.69, 9.17) is 10.00 Å². The molecule has 0 atom stereocenters. The molecule has 5 nitrogen and oxygen atoms in total. The van der Waals surface area contributed by atoms with Crippen LogP contribution < -0.4 is 10.3 Å². The molecule has 0 spiro atoms. The van der Waals surface area contributed by atoms with Gasteiger partial charge in [-0.25, -0.2) is 4.98 Å². The molecule has 96 valence electrons. The first-order valence-corrected chi connectivity index (χ1v) is 5.74. The van der Waals surface area contributed by atoms with Gasteiger partial charge in [-0.2, -0.15) is 5.26 Å². The number of nitrogens with zero attached hydrogens (tertiary/aromatic N) is 3. The van der Waals surface area contributed by atoms with Gasteiger partial charge in [0, 0.05) is 11.8 Å². The van der Waals surface area contributed by atoms with Gasteiger partial charge in [0.15, 0.2) is 0 Å². The number of hydrogen-bond donors (Lipinski definition) is 0. The van der Waals surface area contributed by atoms with Crippen LogP contribution >= 0.6 is 0 Å². The summed E-state index contributed by atoms with van der Waals surface area (Å²) in [6.07, 6.45) is 1.52. The topological polar surface area (TPSA) is 67.9 Å². The highest BCUT2D eigenvalue weighted by Crippen LogP contribution is 2.19. The molecule has 0 amide bonds. The standard InChI is InChI=1S/C14H13N3O2/c1-10-5-14(18)17(9-16-10)8-11-3-4-12(7-15)13(6-11)19-2/h3-6,9H,8H2,1-2H3. The van der Waals surface area contributed by atoms with Crippen LogP contribution in [-0.2, 0) is 6.54 Å². The highest BCUT2D eigenvalue weighted by atomic mass is 16.5. The third-order valence-electron chi connectivity index (χ3n) is 2.76. The molecule has 0 fully saturated rings. The lowest BCUT2D eigenvalue weighted by molar-refractivity contribution is 0.412. The minimum absolute atomic E-state index is 0.101. The van der Waals surface area contributed by atoms with Gasteiger partial charge < -0.3 is 4.74 Å². The molecule has 0 unspecified atom stereocenters. The summed E-state index contributed by atoms with van der Waals surface area (Å²) >= 11 is 0. The summed E-state index contributed by atoms with van der Waals surface area (Å²) < 4.78 is 6.65. The number of aromatic nitrogens is 2. The predicted molar refractivity (Wildman–Crippen MR) is 70.0 cm³/mol. The average Bonchev–Trinajstić information content (AvgIpc) is 2.41. The zero-order chi connectivity index (χ0) is 13.8. The zero-order valence-electron chi connectivity index (χ0n) is 10.8. The molecule has 1 aromatic carbocycles. The lowest BCUT2D eigenvalue weighted by Gasteiger charge is -2.08. The van der Waals surface area contributed by atoms with E-state index in [1.165, 1.54) is 24.1 Å². The highest BCUT2D eigenvalue weighted by Gasteiger charge is 2.05. The first-order valence-electron chi connectivity index (χ1n) is 5.74. The van der Waals surface area contributed by atoms with Crippen LogP contribution in [0.4, 0.5) is 0 Å². The number of methoxy groups -OCH3 is 1. The van der Waals surface area contributed by atoms with E-state index in [1.54, 1.807) is 25.1 Å². The summed E-state index contributed by atoms with van der Waals surface area (Å²) in [5.41, 5.74) is 1.94. The van der Waals surface area contributed by atoms with Gasteiger partial charge >= 0.3 is 0 Å². The fraction of sp³-hybridized carbons (Fsp3) is 0.214. The summed E-state index contributed by atoms with van der Waals surface area (Å²) in [6, 6.07) is 8.77. The molecular formula is C14H13N3O2. The van der Waals surface area contributed by atoms with Crippen molar-refractivity contribution < 1.29 is 4.74 Å². The van der Waals surface area contributed by atoms with Gasteiger partial charge in [0.2, 0.25) is 0 Å². The Morgan fingerprint density at radius 2 is 2.21 bits per heavy atom. The molecular weight excluding hydrogens is 242 g/mol. The van der Waals surface area contributed by atoms with Crippen molar-refractivity contribution in [1.29, 1.82) is 5.26 Å². The normalized spacial score (nSPS) is 9.95. The van der Waals surface area contributed by atoms with Gasteiger partial charge in [-0.1, -0.05) is 6.07 Å². The summed E-state index contributed by atoms with van der Waals surface area (Å²) in [5.74, 6) is 0.508. The molecule has 1 heterocycles. The van der Waals surface area contributed by atoms with Crippen molar-refractivity contribution in [3.63, 3.8) is 0 Å². The number of hydrogen-bond acceptors (Lipinski definition) is 4. The molecule has 0 bridgehead atoms.